The van der Waals surface area contributed by atoms with Crippen molar-refractivity contribution in [2.24, 2.45) is 0 Å². The summed E-state index contributed by atoms with van der Waals surface area (Å²) in [6, 6.07) is 3.64. The standard InChI is InChI=1S/C18H21N3O3S/c1-12-9-15(13(2)21(12)6-4-7-24-3)16(22)10-20-11-19-17-14(18(20)23)5-8-25-17/h5,8-9,11H,4,6-7,10H2,1-3H3. The van der Waals surface area contributed by atoms with Crippen LogP contribution >= 0.6 is 11.3 Å². The second-order valence-electron chi connectivity index (χ2n) is 6.02. The van der Waals surface area contributed by atoms with E-state index in [0.717, 1.165) is 24.4 Å². The van der Waals surface area contributed by atoms with Crippen LogP contribution in [0.1, 0.15) is 28.2 Å². The molecule has 0 bridgehead atoms. The molecule has 3 aromatic rings. The summed E-state index contributed by atoms with van der Waals surface area (Å²) in [5, 5.41) is 2.39. The molecule has 6 nitrogen and oxygen atoms in total. The fraction of sp³-hybridized carbons (Fsp3) is 0.389. The Kier molecular flexibility index (Phi) is 5.15. The van der Waals surface area contributed by atoms with Gasteiger partial charge in [-0.25, -0.2) is 4.98 Å². The summed E-state index contributed by atoms with van der Waals surface area (Å²) < 4.78 is 8.60. The number of ketones is 1. The van der Waals surface area contributed by atoms with Crippen molar-refractivity contribution < 1.29 is 9.53 Å². The summed E-state index contributed by atoms with van der Waals surface area (Å²) in [6.07, 6.45) is 2.34. The van der Waals surface area contributed by atoms with Crippen LogP contribution in [0.15, 0.2) is 28.6 Å². The van der Waals surface area contributed by atoms with Crippen molar-refractivity contribution in [3.05, 3.63) is 51.1 Å². The minimum Gasteiger partial charge on any atom is -0.385 e. The molecular weight excluding hydrogens is 338 g/mol. The van der Waals surface area contributed by atoms with Crippen LogP contribution in [0.5, 0.6) is 0 Å². The third-order valence-corrected chi connectivity index (χ3v) is 5.19. The minimum atomic E-state index is -0.173. The fourth-order valence-corrected chi connectivity index (χ4v) is 3.76. The van der Waals surface area contributed by atoms with E-state index in [1.807, 2.05) is 25.3 Å². The monoisotopic (exact) mass is 359 g/mol. The largest absolute Gasteiger partial charge is 0.385 e. The van der Waals surface area contributed by atoms with Crippen molar-refractivity contribution in [3.8, 4) is 0 Å². The van der Waals surface area contributed by atoms with Crippen molar-refractivity contribution >= 4 is 27.3 Å². The van der Waals surface area contributed by atoms with Gasteiger partial charge >= 0.3 is 0 Å². The van der Waals surface area contributed by atoms with Gasteiger partial charge in [0.05, 0.1) is 18.3 Å². The summed E-state index contributed by atoms with van der Waals surface area (Å²) in [5.41, 5.74) is 2.45. The second kappa shape index (κ2) is 7.33. The average molecular weight is 359 g/mol. The zero-order valence-electron chi connectivity index (χ0n) is 14.6. The van der Waals surface area contributed by atoms with Crippen LogP contribution in [0, 0.1) is 13.8 Å². The topological polar surface area (TPSA) is 66.1 Å². The quantitative estimate of drug-likeness (QED) is 0.481. The van der Waals surface area contributed by atoms with Crippen LogP contribution in [0.3, 0.4) is 0 Å². The zero-order valence-corrected chi connectivity index (χ0v) is 15.4. The van der Waals surface area contributed by atoms with E-state index < -0.39 is 0 Å². The number of nitrogens with zero attached hydrogens (tertiary/aromatic N) is 3. The predicted molar refractivity (Wildman–Crippen MR) is 98.6 cm³/mol. The molecule has 0 aliphatic carbocycles. The SMILES string of the molecule is COCCCn1c(C)cc(C(=O)Cn2cnc3sccc3c2=O)c1C. The smallest absolute Gasteiger partial charge is 0.262 e. The van der Waals surface area contributed by atoms with E-state index in [1.54, 1.807) is 13.2 Å². The molecule has 0 aliphatic rings. The Morgan fingerprint density at radius 3 is 2.92 bits per heavy atom. The van der Waals surface area contributed by atoms with E-state index in [0.29, 0.717) is 22.4 Å². The van der Waals surface area contributed by atoms with Gasteiger partial charge in [-0.05, 0) is 37.8 Å². The molecule has 0 unspecified atom stereocenters. The van der Waals surface area contributed by atoms with Crippen LogP contribution in [-0.2, 0) is 17.8 Å². The molecule has 132 valence electrons. The first-order valence-electron chi connectivity index (χ1n) is 8.14. The van der Waals surface area contributed by atoms with Gasteiger partial charge in [0.1, 0.15) is 4.83 Å². The van der Waals surface area contributed by atoms with Crippen molar-refractivity contribution in [3.63, 3.8) is 0 Å². The lowest BCUT2D eigenvalue weighted by molar-refractivity contribution is 0.0970. The third kappa shape index (κ3) is 3.43. The molecule has 0 atom stereocenters. The maximum atomic E-state index is 12.7. The van der Waals surface area contributed by atoms with E-state index >= 15 is 0 Å². The number of aryl methyl sites for hydroxylation is 1. The van der Waals surface area contributed by atoms with Gasteiger partial charge in [-0.1, -0.05) is 0 Å². The van der Waals surface area contributed by atoms with Crippen LogP contribution in [0.2, 0.25) is 0 Å². The number of carbonyl (C=O) groups is 1. The number of methoxy groups -OCH3 is 1. The molecule has 0 saturated heterocycles. The Bertz CT molecular complexity index is 968. The summed E-state index contributed by atoms with van der Waals surface area (Å²) in [5.74, 6) is -0.0791. The van der Waals surface area contributed by atoms with Crippen LogP contribution in [0.25, 0.3) is 10.2 Å². The maximum absolute atomic E-state index is 12.7. The molecule has 0 spiro atoms. The Balaban J connectivity index is 1.84. The van der Waals surface area contributed by atoms with Gasteiger partial charge in [0.2, 0.25) is 0 Å². The Hall–Kier alpha value is -2.25. The number of hydrogen-bond donors (Lipinski definition) is 0. The molecule has 3 heterocycles. The van der Waals surface area contributed by atoms with Crippen LogP contribution < -0.4 is 5.56 Å². The zero-order chi connectivity index (χ0) is 18.0. The number of fused-ring (bicyclic) bond motifs is 1. The van der Waals surface area contributed by atoms with Crippen LogP contribution in [-0.4, -0.2) is 33.6 Å². The molecule has 7 heteroatoms. The summed E-state index contributed by atoms with van der Waals surface area (Å²) in [6.45, 7) is 5.42. The first-order chi connectivity index (χ1) is 12.0. The van der Waals surface area contributed by atoms with Crippen molar-refractivity contribution in [2.45, 2.75) is 33.4 Å². The average Bonchev–Trinajstić information content (AvgIpc) is 3.17. The summed E-state index contributed by atoms with van der Waals surface area (Å²) in [4.78, 5) is 30.1. The first-order valence-corrected chi connectivity index (χ1v) is 9.02. The molecule has 25 heavy (non-hydrogen) atoms. The summed E-state index contributed by atoms with van der Waals surface area (Å²) in [7, 11) is 1.68. The lowest BCUT2D eigenvalue weighted by Gasteiger charge is -2.09. The highest BCUT2D eigenvalue weighted by atomic mass is 32.1. The molecule has 3 rings (SSSR count). The van der Waals surface area contributed by atoms with Crippen molar-refractivity contribution in [2.75, 3.05) is 13.7 Å². The fourth-order valence-electron chi connectivity index (χ4n) is 3.04. The van der Waals surface area contributed by atoms with E-state index in [2.05, 4.69) is 9.55 Å². The van der Waals surface area contributed by atoms with Gasteiger partial charge in [-0.3, -0.25) is 14.2 Å². The van der Waals surface area contributed by atoms with E-state index in [-0.39, 0.29) is 17.9 Å². The molecule has 0 N–H and O–H groups in total. The number of carbonyl (C=O) groups excluding carboxylic acids is 1. The highest BCUT2D eigenvalue weighted by Gasteiger charge is 2.17. The number of thiophene rings is 1. The number of rotatable bonds is 7. The van der Waals surface area contributed by atoms with Gasteiger partial charge in [0.15, 0.2) is 5.78 Å². The number of Topliss-reactive ketones (excluding diaryl/α,β-unsaturated/α-hetero) is 1. The van der Waals surface area contributed by atoms with Gasteiger partial charge in [-0.15, -0.1) is 11.3 Å². The van der Waals surface area contributed by atoms with E-state index in [9.17, 15) is 9.59 Å². The lowest BCUT2D eigenvalue weighted by Crippen LogP contribution is -2.24. The Morgan fingerprint density at radius 1 is 1.36 bits per heavy atom. The molecule has 0 fully saturated rings. The van der Waals surface area contributed by atoms with Gasteiger partial charge in [0, 0.05) is 37.2 Å². The van der Waals surface area contributed by atoms with Gasteiger partial charge in [-0.2, -0.15) is 0 Å². The number of hydrogen-bond acceptors (Lipinski definition) is 5. The third-order valence-electron chi connectivity index (χ3n) is 4.37. The normalized spacial score (nSPS) is 11.3. The summed E-state index contributed by atoms with van der Waals surface area (Å²) >= 11 is 1.42. The Morgan fingerprint density at radius 2 is 2.16 bits per heavy atom. The highest BCUT2D eigenvalue weighted by molar-refractivity contribution is 7.16. The number of aromatic nitrogens is 3. The second-order valence-corrected chi connectivity index (χ2v) is 6.92. The molecule has 0 amide bonds. The molecule has 0 radical (unpaired) electrons. The van der Waals surface area contributed by atoms with E-state index in [4.69, 9.17) is 4.74 Å². The Labute approximate surface area is 149 Å². The van der Waals surface area contributed by atoms with Gasteiger partial charge < -0.3 is 9.30 Å². The molecule has 3 aromatic heterocycles. The van der Waals surface area contributed by atoms with Crippen LogP contribution in [0.4, 0.5) is 0 Å². The minimum absolute atomic E-state index is 0.0000154. The predicted octanol–water partition coefficient (Wildman–Crippen LogP) is 2.80. The van der Waals surface area contributed by atoms with Gasteiger partial charge in [0.25, 0.3) is 5.56 Å². The molecular formula is C18H21N3O3S. The van der Waals surface area contributed by atoms with E-state index in [1.165, 1.54) is 22.2 Å². The molecule has 0 saturated carbocycles. The lowest BCUT2D eigenvalue weighted by atomic mass is 10.1. The van der Waals surface area contributed by atoms with Crippen molar-refractivity contribution in [1.82, 2.24) is 14.1 Å². The first kappa shape index (κ1) is 17.6. The number of ether oxygens (including phenoxy) is 1. The maximum Gasteiger partial charge on any atom is 0.262 e. The molecule has 0 aromatic carbocycles. The molecule has 0 aliphatic heterocycles. The van der Waals surface area contributed by atoms with Crippen molar-refractivity contribution in [1.29, 1.82) is 0 Å². The highest BCUT2D eigenvalue weighted by Crippen LogP contribution is 2.18.